The van der Waals surface area contributed by atoms with Crippen LogP contribution in [-0.2, 0) is 16.1 Å². The largest absolute Gasteiger partial charge is 0.354 e. The Morgan fingerprint density at radius 2 is 1.68 bits per heavy atom. The van der Waals surface area contributed by atoms with Gasteiger partial charge >= 0.3 is 0 Å². The van der Waals surface area contributed by atoms with Crippen molar-refractivity contribution in [3.63, 3.8) is 0 Å². The van der Waals surface area contributed by atoms with Crippen LogP contribution >= 0.6 is 0 Å². The first kappa shape index (κ1) is 26.1. The van der Waals surface area contributed by atoms with Crippen LogP contribution < -0.4 is 10.2 Å². The lowest BCUT2D eigenvalue weighted by Crippen LogP contribution is -2.45. The molecule has 0 saturated heterocycles. The minimum absolute atomic E-state index is 0.0466. The number of fused-ring (bicyclic) bond motifs is 1. The van der Waals surface area contributed by atoms with Gasteiger partial charge in [-0.25, -0.2) is 4.68 Å². The Kier molecular flexibility index (Phi) is 8.01. The van der Waals surface area contributed by atoms with Crippen LogP contribution in [0.2, 0.25) is 0 Å². The van der Waals surface area contributed by atoms with Gasteiger partial charge in [0.15, 0.2) is 0 Å². The van der Waals surface area contributed by atoms with E-state index >= 15 is 0 Å². The Morgan fingerprint density at radius 3 is 2.38 bits per heavy atom. The molecule has 7 nitrogen and oxygen atoms in total. The summed E-state index contributed by atoms with van der Waals surface area (Å²) in [6.07, 6.45) is 0.856. The van der Waals surface area contributed by atoms with Gasteiger partial charge < -0.3 is 5.32 Å². The van der Waals surface area contributed by atoms with Crippen LogP contribution in [0.4, 0.5) is 5.69 Å². The molecule has 37 heavy (non-hydrogen) atoms. The molecule has 0 aliphatic carbocycles. The van der Waals surface area contributed by atoms with Crippen LogP contribution in [0.5, 0.6) is 0 Å². The van der Waals surface area contributed by atoms with Gasteiger partial charge in [0.25, 0.3) is 0 Å². The molecule has 0 unspecified atom stereocenters. The summed E-state index contributed by atoms with van der Waals surface area (Å²) >= 11 is 0. The summed E-state index contributed by atoms with van der Waals surface area (Å²) in [5.74, 6) is -0.000718. The first-order valence-corrected chi connectivity index (χ1v) is 12.8. The molecule has 0 spiro atoms. The normalized spacial score (nSPS) is 12.1. The second-order valence-corrected chi connectivity index (χ2v) is 10.1. The summed E-state index contributed by atoms with van der Waals surface area (Å²) < 4.78 is 1.59. The van der Waals surface area contributed by atoms with Gasteiger partial charge in [0.2, 0.25) is 11.8 Å². The quantitative estimate of drug-likeness (QED) is 0.341. The van der Waals surface area contributed by atoms with E-state index in [2.05, 4.69) is 29.5 Å². The van der Waals surface area contributed by atoms with Crippen LogP contribution in [0.25, 0.3) is 11.0 Å². The molecule has 1 N–H and O–H groups in total. The summed E-state index contributed by atoms with van der Waals surface area (Å²) in [6, 6.07) is 20.3. The molecule has 3 aromatic carbocycles. The van der Waals surface area contributed by atoms with Gasteiger partial charge in [-0.3, -0.25) is 14.5 Å². The highest BCUT2D eigenvalue weighted by atomic mass is 16.2. The number of nitrogens with zero attached hydrogens (tertiary/aromatic N) is 4. The molecule has 0 saturated carbocycles. The number of rotatable bonds is 9. The molecule has 4 rings (SSSR count). The lowest BCUT2D eigenvalue weighted by molar-refractivity contribution is -0.127. The van der Waals surface area contributed by atoms with E-state index in [-0.39, 0.29) is 18.4 Å². The average molecular weight is 498 g/mol. The molecule has 1 heterocycles. The summed E-state index contributed by atoms with van der Waals surface area (Å²) in [6.45, 7) is 10.8. The van der Waals surface area contributed by atoms with Crippen molar-refractivity contribution in [3.05, 3.63) is 89.0 Å². The monoisotopic (exact) mass is 497 g/mol. The zero-order chi connectivity index (χ0) is 26.5. The van der Waals surface area contributed by atoms with Gasteiger partial charge in [0.05, 0.1) is 5.52 Å². The van der Waals surface area contributed by atoms with Crippen molar-refractivity contribution in [2.75, 3.05) is 11.4 Å². The molecule has 0 bridgehead atoms. The van der Waals surface area contributed by atoms with E-state index in [9.17, 15) is 9.59 Å². The van der Waals surface area contributed by atoms with Crippen molar-refractivity contribution in [2.24, 2.45) is 5.92 Å². The number of hydrogen-bond donors (Lipinski definition) is 1. The van der Waals surface area contributed by atoms with Crippen molar-refractivity contribution >= 4 is 28.5 Å². The van der Waals surface area contributed by atoms with Crippen molar-refractivity contribution in [1.82, 2.24) is 20.3 Å². The van der Waals surface area contributed by atoms with Crippen LogP contribution in [0.1, 0.15) is 48.6 Å². The van der Waals surface area contributed by atoms with Gasteiger partial charge in [-0.2, -0.15) is 0 Å². The fourth-order valence-corrected chi connectivity index (χ4v) is 4.30. The van der Waals surface area contributed by atoms with Crippen molar-refractivity contribution in [3.8, 4) is 0 Å². The standard InChI is InChI=1S/C30H35N5O2/c1-20(2)16-17-31-30(37)29(24-13-10-21(3)11-14-24)35(25-15-12-22(4)23(5)18-25)28(36)19-34-27-9-7-6-8-26(27)32-33-34/h6-15,18,20,29H,16-17,19H2,1-5H3,(H,31,37)/t29-/m1/s1. The molecular weight excluding hydrogens is 462 g/mol. The predicted octanol–water partition coefficient (Wildman–Crippen LogP) is 5.29. The Hall–Kier alpha value is -4.00. The number of aromatic nitrogens is 3. The van der Waals surface area contributed by atoms with E-state index in [1.807, 2.05) is 87.5 Å². The molecule has 0 radical (unpaired) electrons. The van der Waals surface area contributed by atoms with Gasteiger partial charge in [-0.1, -0.05) is 67.1 Å². The van der Waals surface area contributed by atoms with Crippen LogP contribution in [0.3, 0.4) is 0 Å². The lowest BCUT2D eigenvalue weighted by Gasteiger charge is -2.32. The Labute approximate surface area is 218 Å². The maximum Gasteiger partial charge on any atom is 0.249 e. The third-order valence-corrected chi connectivity index (χ3v) is 6.66. The molecule has 0 aliphatic rings. The zero-order valence-electron chi connectivity index (χ0n) is 22.2. The number of carbonyl (C=O) groups is 2. The number of benzene rings is 3. The Balaban J connectivity index is 1.78. The number of amides is 2. The molecule has 7 heteroatoms. The number of aryl methyl sites for hydroxylation is 3. The number of hydrogen-bond acceptors (Lipinski definition) is 4. The van der Waals surface area contributed by atoms with E-state index in [1.54, 1.807) is 9.58 Å². The second-order valence-electron chi connectivity index (χ2n) is 10.1. The van der Waals surface area contributed by atoms with Crippen LogP contribution in [0, 0.1) is 26.7 Å². The summed E-state index contributed by atoms with van der Waals surface area (Å²) in [5.41, 5.74) is 6.15. The highest BCUT2D eigenvalue weighted by Crippen LogP contribution is 2.30. The number of nitrogens with one attached hydrogen (secondary N) is 1. The highest BCUT2D eigenvalue weighted by molar-refractivity contribution is 6.01. The highest BCUT2D eigenvalue weighted by Gasteiger charge is 2.33. The predicted molar refractivity (Wildman–Crippen MR) is 147 cm³/mol. The maximum atomic E-state index is 14.1. The minimum atomic E-state index is -0.836. The molecular formula is C30H35N5O2. The summed E-state index contributed by atoms with van der Waals surface area (Å²) in [4.78, 5) is 29.4. The lowest BCUT2D eigenvalue weighted by atomic mass is 10.00. The SMILES string of the molecule is Cc1ccc([C@H](C(=O)NCCC(C)C)N(C(=O)Cn2nnc3ccccc32)c2ccc(C)c(C)c2)cc1. The molecule has 1 atom stereocenters. The zero-order valence-corrected chi connectivity index (χ0v) is 22.2. The van der Waals surface area contributed by atoms with Gasteiger partial charge in [-0.05, 0) is 74.1 Å². The Bertz CT molecular complexity index is 1390. The minimum Gasteiger partial charge on any atom is -0.354 e. The van der Waals surface area contributed by atoms with Gasteiger partial charge in [0.1, 0.15) is 18.1 Å². The molecule has 0 fully saturated rings. The number of anilines is 1. The first-order chi connectivity index (χ1) is 17.7. The van der Waals surface area contributed by atoms with Gasteiger partial charge in [-0.15, -0.1) is 5.10 Å². The third kappa shape index (κ3) is 6.05. The van der Waals surface area contributed by atoms with Crippen molar-refractivity contribution in [2.45, 2.75) is 53.6 Å². The first-order valence-electron chi connectivity index (χ1n) is 12.8. The van der Waals surface area contributed by atoms with E-state index in [0.29, 0.717) is 18.2 Å². The van der Waals surface area contributed by atoms with E-state index < -0.39 is 6.04 Å². The molecule has 192 valence electrons. The number of para-hydroxylation sites is 1. The molecule has 1 aromatic heterocycles. The van der Waals surface area contributed by atoms with E-state index in [4.69, 9.17) is 0 Å². The third-order valence-electron chi connectivity index (χ3n) is 6.66. The van der Waals surface area contributed by atoms with Crippen molar-refractivity contribution < 1.29 is 9.59 Å². The van der Waals surface area contributed by atoms with Crippen molar-refractivity contribution in [1.29, 1.82) is 0 Å². The van der Waals surface area contributed by atoms with Crippen LogP contribution in [0.15, 0.2) is 66.7 Å². The molecule has 0 aliphatic heterocycles. The molecule has 2 amide bonds. The molecule has 4 aromatic rings. The fraction of sp³-hybridized carbons (Fsp3) is 0.333. The maximum absolute atomic E-state index is 14.1. The topological polar surface area (TPSA) is 80.1 Å². The Morgan fingerprint density at radius 1 is 0.946 bits per heavy atom. The van der Waals surface area contributed by atoms with Gasteiger partial charge in [0, 0.05) is 12.2 Å². The summed E-state index contributed by atoms with van der Waals surface area (Å²) in [5, 5.41) is 11.5. The fourth-order valence-electron chi connectivity index (χ4n) is 4.30. The second kappa shape index (κ2) is 11.4. The van der Waals surface area contributed by atoms with E-state index in [1.165, 1.54) is 0 Å². The number of carbonyl (C=O) groups excluding carboxylic acids is 2. The smallest absolute Gasteiger partial charge is 0.249 e. The van der Waals surface area contributed by atoms with E-state index in [0.717, 1.165) is 39.7 Å². The summed E-state index contributed by atoms with van der Waals surface area (Å²) in [7, 11) is 0. The average Bonchev–Trinajstić information content (AvgIpc) is 3.27. The van der Waals surface area contributed by atoms with Crippen LogP contribution in [-0.4, -0.2) is 33.4 Å².